The Morgan fingerprint density at radius 2 is 2.07 bits per heavy atom. The van der Waals surface area contributed by atoms with Gasteiger partial charge in [-0.2, -0.15) is 0 Å². The molecular formula is C20H19N3O3S2. The summed E-state index contributed by atoms with van der Waals surface area (Å²) in [7, 11) is 0. The summed E-state index contributed by atoms with van der Waals surface area (Å²) in [5.41, 5.74) is 2.62. The first-order valence-corrected chi connectivity index (χ1v) is 10.5. The predicted molar refractivity (Wildman–Crippen MR) is 112 cm³/mol. The molecule has 1 N–H and O–H groups in total. The normalized spacial score (nSPS) is 15.7. The van der Waals surface area contributed by atoms with Crippen LogP contribution in [-0.2, 0) is 9.59 Å². The van der Waals surface area contributed by atoms with Crippen LogP contribution in [0, 0.1) is 13.8 Å². The van der Waals surface area contributed by atoms with Gasteiger partial charge in [-0.15, -0.1) is 22.7 Å². The van der Waals surface area contributed by atoms with Crippen molar-refractivity contribution in [2.75, 3.05) is 16.8 Å². The number of thiazole rings is 1. The summed E-state index contributed by atoms with van der Waals surface area (Å²) in [6, 6.07) is 9.32. The maximum absolute atomic E-state index is 12.8. The number of amides is 2. The third-order valence-electron chi connectivity index (χ3n) is 4.50. The van der Waals surface area contributed by atoms with Gasteiger partial charge in [0, 0.05) is 27.6 Å². The van der Waals surface area contributed by atoms with Crippen LogP contribution in [0.4, 0.5) is 10.8 Å². The van der Waals surface area contributed by atoms with Crippen LogP contribution in [0.25, 0.3) is 11.3 Å². The van der Waals surface area contributed by atoms with Crippen molar-refractivity contribution in [3.05, 3.63) is 45.5 Å². The average molecular weight is 414 g/mol. The molecule has 144 valence electrons. The summed E-state index contributed by atoms with van der Waals surface area (Å²) in [5.74, 6) is 0.0709. The average Bonchev–Trinajstić information content (AvgIpc) is 3.26. The van der Waals surface area contributed by atoms with Crippen LogP contribution in [0.1, 0.15) is 16.7 Å². The molecule has 4 rings (SSSR count). The molecule has 8 heteroatoms. The molecule has 3 aromatic rings. The molecule has 1 aliphatic heterocycles. The number of para-hydroxylation sites is 2. The Hall–Kier alpha value is -2.71. The van der Waals surface area contributed by atoms with Gasteiger partial charge in [0.15, 0.2) is 11.2 Å². The number of anilines is 2. The molecule has 6 nitrogen and oxygen atoms in total. The zero-order valence-electron chi connectivity index (χ0n) is 15.7. The van der Waals surface area contributed by atoms with Crippen LogP contribution in [-0.4, -0.2) is 29.4 Å². The molecule has 0 radical (unpaired) electrons. The highest BCUT2D eigenvalue weighted by atomic mass is 32.1. The van der Waals surface area contributed by atoms with E-state index in [1.54, 1.807) is 22.3 Å². The summed E-state index contributed by atoms with van der Waals surface area (Å²) in [6.07, 6.45) is -0.795. The Bertz CT molecular complexity index is 1060. The largest absolute Gasteiger partial charge is 0.476 e. The van der Waals surface area contributed by atoms with Gasteiger partial charge in [0.05, 0.1) is 17.9 Å². The van der Waals surface area contributed by atoms with E-state index in [0.29, 0.717) is 16.6 Å². The Balaban J connectivity index is 1.52. The molecule has 0 bridgehead atoms. The van der Waals surface area contributed by atoms with E-state index in [1.807, 2.05) is 23.6 Å². The van der Waals surface area contributed by atoms with E-state index >= 15 is 0 Å². The van der Waals surface area contributed by atoms with E-state index in [2.05, 4.69) is 30.2 Å². The molecule has 3 heterocycles. The molecule has 0 saturated heterocycles. The van der Waals surface area contributed by atoms with E-state index in [0.717, 1.165) is 11.3 Å². The van der Waals surface area contributed by atoms with Crippen molar-refractivity contribution in [1.29, 1.82) is 0 Å². The van der Waals surface area contributed by atoms with Crippen molar-refractivity contribution in [3.8, 4) is 17.0 Å². The Labute approximate surface area is 170 Å². The van der Waals surface area contributed by atoms with Crippen LogP contribution in [0.5, 0.6) is 5.75 Å². The third-order valence-corrected chi connectivity index (χ3v) is 6.22. The molecule has 2 aromatic heterocycles. The quantitative estimate of drug-likeness (QED) is 0.697. The number of carbonyl (C=O) groups is 2. The van der Waals surface area contributed by atoms with Crippen LogP contribution >= 0.6 is 22.7 Å². The van der Waals surface area contributed by atoms with E-state index in [1.165, 1.54) is 28.0 Å². The Morgan fingerprint density at radius 1 is 1.29 bits per heavy atom. The van der Waals surface area contributed by atoms with Crippen molar-refractivity contribution >= 4 is 45.3 Å². The molecule has 0 fully saturated rings. The zero-order valence-corrected chi connectivity index (χ0v) is 17.3. The number of aromatic nitrogens is 1. The van der Waals surface area contributed by atoms with Gasteiger partial charge < -0.3 is 9.64 Å². The first-order valence-electron chi connectivity index (χ1n) is 8.80. The SMILES string of the molecule is CC(=O)N1C[C@@H](C(=O)Nc2nc(-c3cc(C)sc3C)cs2)Oc2ccccc21. The standard InChI is InChI=1S/C20H19N3O3S2/c1-11-8-14(12(2)28-11)15-10-27-20(21-15)22-19(25)18-9-23(13(3)24)16-6-4-5-7-17(16)26-18/h4-8,10,18H,9H2,1-3H3,(H,21,22,25)/t18-/m0/s1. The first kappa shape index (κ1) is 18.6. The number of aryl methyl sites for hydroxylation is 2. The van der Waals surface area contributed by atoms with E-state index in [-0.39, 0.29) is 18.4 Å². The van der Waals surface area contributed by atoms with Crippen LogP contribution in [0.3, 0.4) is 0 Å². The number of fused-ring (bicyclic) bond motifs is 1. The smallest absolute Gasteiger partial charge is 0.269 e. The highest BCUT2D eigenvalue weighted by molar-refractivity contribution is 7.14. The molecule has 1 atom stereocenters. The van der Waals surface area contributed by atoms with E-state index < -0.39 is 6.10 Å². The number of rotatable bonds is 3. The summed E-state index contributed by atoms with van der Waals surface area (Å²) in [5, 5.41) is 5.27. The van der Waals surface area contributed by atoms with Gasteiger partial charge >= 0.3 is 0 Å². The third kappa shape index (κ3) is 3.53. The number of nitrogens with zero attached hydrogens (tertiary/aromatic N) is 2. The highest BCUT2D eigenvalue weighted by Crippen LogP contribution is 2.34. The van der Waals surface area contributed by atoms with Crippen molar-refractivity contribution in [2.45, 2.75) is 26.9 Å². The van der Waals surface area contributed by atoms with Gasteiger partial charge in [0.1, 0.15) is 5.75 Å². The number of hydrogen-bond acceptors (Lipinski definition) is 6. The molecule has 1 aromatic carbocycles. The second-order valence-corrected chi connectivity index (χ2v) is 8.88. The van der Waals surface area contributed by atoms with Gasteiger partial charge in [0.2, 0.25) is 5.91 Å². The summed E-state index contributed by atoms with van der Waals surface area (Å²) < 4.78 is 5.83. The molecule has 0 saturated carbocycles. The van der Waals surface area contributed by atoms with Gasteiger partial charge in [-0.1, -0.05) is 12.1 Å². The lowest BCUT2D eigenvalue weighted by Gasteiger charge is -2.33. The van der Waals surface area contributed by atoms with Gasteiger partial charge in [-0.05, 0) is 32.0 Å². The van der Waals surface area contributed by atoms with Gasteiger partial charge in [-0.3, -0.25) is 14.9 Å². The number of ether oxygens (including phenoxy) is 1. The maximum atomic E-state index is 12.8. The number of carbonyl (C=O) groups excluding carboxylic acids is 2. The minimum absolute atomic E-state index is 0.131. The lowest BCUT2D eigenvalue weighted by Crippen LogP contribution is -2.48. The summed E-state index contributed by atoms with van der Waals surface area (Å²) >= 11 is 3.10. The topological polar surface area (TPSA) is 71.5 Å². The van der Waals surface area contributed by atoms with Crippen molar-refractivity contribution in [1.82, 2.24) is 4.98 Å². The fourth-order valence-electron chi connectivity index (χ4n) is 3.19. The summed E-state index contributed by atoms with van der Waals surface area (Å²) in [6.45, 7) is 5.78. The minimum Gasteiger partial charge on any atom is -0.476 e. The Morgan fingerprint density at radius 3 is 2.79 bits per heavy atom. The lowest BCUT2D eigenvalue weighted by molar-refractivity contribution is -0.123. The van der Waals surface area contributed by atoms with Gasteiger partial charge in [-0.25, -0.2) is 4.98 Å². The molecular weight excluding hydrogens is 394 g/mol. The van der Waals surface area contributed by atoms with E-state index in [4.69, 9.17) is 4.74 Å². The molecule has 0 aliphatic carbocycles. The first-order chi connectivity index (χ1) is 13.4. The van der Waals surface area contributed by atoms with Crippen molar-refractivity contribution in [3.63, 3.8) is 0 Å². The van der Waals surface area contributed by atoms with Crippen molar-refractivity contribution < 1.29 is 14.3 Å². The van der Waals surface area contributed by atoms with E-state index in [9.17, 15) is 9.59 Å². The van der Waals surface area contributed by atoms with Crippen LogP contribution < -0.4 is 15.0 Å². The van der Waals surface area contributed by atoms with Crippen LogP contribution in [0.15, 0.2) is 35.7 Å². The summed E-state index contributed by atoms with van der Waals surface area (Å²) in [4.78, 5) is 33.3. The fourth-order valence-corrected chi connectivity index (χ4v) is 4.84. The lowest BCUT2D eigenvalue weighted by atomic mass is 10.2. The predicted octanol–water partition coefficient (Wildman–Crippen LogP) is 4.24. The van der Waals surface area contributed by atoms with Crippen LogP contribution in [0.2, 0.25) is 0 Å². The number of nitrogens with one attached hydrogen (secondary N) is 1. The monoisotopic (exact) mass is 413 g/mol. The number of hydrogen-bond donors (Lipinski definition) is 1. The number of benzene rings is 1. The number of thiophene rings is 1. The fraction of sp³-hybridized carbons (Fsp3) is 0.250. The molecule has 2 amide bonds. The zero-order chi connectivity index (χ0) is 19.8. The Kier molecular flexibility index (Phi) is 4.91. The highest BCUT2D eigenvalue weighted by Gasteiger charge is 2.32. The second kappa shape index (κ2) is 7.37. The molecule has 0 spiro atoms. The van der Waals surface area contributed by atoms with Gasteiger partial charge in [0.25, 0.3) is 5.91 Å². The maximum Gasteiger partial charge on any atom is 0.269 e. The molecule has 1 aliphatic rings. The molecule has 28 heavy (non-hydrogen) atoms. The van der Waals surface area contributed by atoms with Crippen molar-refractivity contribution in [2.24, 2.45) is 0 Å². The second-order valence-electron chi connectivity index (χ2n) is 6.56. The minimum atomic E-state index is -0.795. The molecule has 0 unspecified atom stereocenters.